The van der Waals surface area contributed by atoms with Crippen LogP contribution in [-0.2, 0) is 6.42 Å². The number of nitrogens with zero attached hydrogens (tertiary/aromatic N) is 2. The smallest absolute Gasteiger partial charge is 0.317 e. The minimum atomic E-state index is -0.0930. The summed E-state index contributed by atoms with van der Waals surface area (Å²) in [6, 6.07) is 10.7. The van der Waals surface area contributed by atoms with Gasteiger partial charge in [0.1, 0.15) is 0 Å². The van der Waals surface area contributed by atoms with Gasteiger partial charge in [0, 0.05) is 38.3 Å². The molecule has 150 valence electrons. The van der Waals surface area contributed by atoms with Gasteiger partial charge >= 0.3 is 6.03 Å². The second-order valence-corrected chi connectivity index (χ2v) is 8.46. The summed E-state index contributed by atoms with van der Waals surface area (Å²) in [7, 11) is 0. The topological polar surface area (TPSA) is 55.8 Å². The first kappa shape index (κ1) is 20.2. The Hall–Kier alpha value is -1.59. The van der Waals surface area contributed by atoms with Crippen molar-refractivity contribution in [2.24, 2.45) is 5.92 Å². The van der Waals surface area contributed by atoms with E-state index < -0.39 is 0 Å². The van der Waals surface area contributed by atoms with Crippen molar-refractivity contribution in [3.05, 3.63) is 35.9 Å². The van der Waals surface area contributed by atoms with Crippen molar-refractivity contribution in [3.63, 3.8) is 0 Å². The highest BCUT2D eigenvalue weighted by Crippen LogP contribution is 2.33. The zero-order valence-corrected chi connectivity index (χ0v) is 16.7. The van der Waals surface area contributed by atoms with Crippen LogP contribution in [0.15, 0.2) is 30.3 Å². The Morgan fingerprint density at radius 3 is 2.89 bits per heavy atom. The fraction of sp³-hybridized carbons (Fsp3) is 0.682. The lowest BCUT2D eigenvalue weighted by Crippen LogP contribution is -2.50. The highest BCUT2D eigenvalue weighted by Gasteiger charge is 2.39. The molecule has 0 radical (unpaired) electrons. The molecule has 0 aromatic heterocycles. The summed E-state index contributed by atoms with van der Waals surface area (Å²) in [5.41, 5.74) is 1.30. The Kier molecular flexibility index (Phi) is 7.13. The van der Waals surface area contributed by atoms with E-state index in [-0.39, 0.29) is 18.2 Å². The quantitative estimate of drug-likeness (QED) is 0.737. The van der Waals surface area contributed by atoms with Crippen LogP contribution in [0.25, 0.3) is 0 Å². The van der Waals surface area contributed by atoms with Gasteiger partial charge in [-0.25, -0.2) is 4.79 Å². The van der Waals surface area contributed by atoms with E-state index in [0.29, 0.717) is 5.92 Å². The van der Waals surface area contributed by atoms with Gasteiger partial charge in [0.05, 0.1) is 0 Å². The summed E-state index contributed by atoms with van der Waals surface area (Å²) in [5, 5.41) is 12.3. The molecule has 0 aliphatic carbocycles. The average molecular weight is 374 g/mol. The number of urea groups is 1. The lowest BCUT2D eigenvalue weighted by atomic mass is 9.93. The number of likely N-dealkylation sites (tertiary alicyclic amines) is 2. The maximum atomic E-state index is 12.7. The van der Waals surface area contributed by atoms with E-state index >= 15 is 0 Å². The maximum Gasteiger partial charge on any atom is 0.317 e. The van der Waals surface area contributed by atoms with Crippen LogP contribution in [0.2, 0.25) is 0 Å². The zero-order valence-electron chi connectivity index (χ0n) is 16.7. The molecule has 2 heterocycles. The standard InChI is InChI=1S/C22H35N3O2/c1-22(12-6-16-26)11-5-13-25(22)21(27)23-17-20-10-15-24(18-20)14-9-19-7-3-2-4-8-19/h2-4,7-8,20,26H,5-6,9-18H2,1H3,(H,23,27). The van der Waals surface area contributed by atoms with E-state index in [2.05, 4.69) is 47.5 Å². The first-order valence-electron chi connectivity index (χ1n) is 10.5. The van der Waals surface area contributed by atoms with E-state index in [1.54, 1.807) is 0 Å². The number of aliphatic hydroxyl groups is 1. The van der Waals surface area contributed by atoms with Crippen LogP contribution in [0.5, 0.6) is 0 Å². The molecule has 1 aromatic carbocycles. The predicted molar refractivity (Wildman–Crippen MR) is 109 cm³/mol. The number of nitrogens with one attached hydrogen (secondary N) is 1. The van der Waals surface area contributed by atoms with Gasteiger partial charge in [0.15, 0.2) is 0 Å². The van der Waals surface area contributed by atoms with E-state index in [1.165, 1.54) is 5.56 Å². The molecule has 2 aliphatic heterocycles. The molecule has 0 bridgehead atoms. The molecule has 2 amide bonds. The van der Waals surface area contributed by atoms with Crippen LogP contribution in [0.3, 0.4) is 0 Å². The van der Waals surface area contributed by atoms with Crippen molar-refractivity contribution in [1.82, 2.24) is 15.1 Å². The van der Waals surface area contributed by atoms with E-state index in [1.807, 2.05) is 4.90 Å². The number of aliphatic hydroxyl groups excluding tert-OH is 1. The number of hydrogen-bond donors (Lipinski definition) is 2. The first-order chi connectivity index (χ1) is 13.1. The lowest BCUT2D eigenvalue weighted by Gasteiger charge is -2.35. The molecule has 0 spiro atoms. The van der Waals surface area contributed by atoms with Crippen molar-refractivity contribution in [2.45, 2.75) is 51.0 Å². The maximum absolute atomic E-state index is 12.7. The van der Waals surface area contributed by atoms with Gasteiger partial charge in [0.2, 0.25) is 0 Å². The van der Waals surface area contributed by atoms with Gasteiger partial charge in [-0.3, -0.25) is 0 Å². The van der Waals surface area contributed by atoms with Crippen molar-refractivity contribution < 1.29 is 9.90 Å². The minimum Gasteiger partial charge on any atom is -0.396 e. The summed E-state index contributed by atoms with van der Waals surface area (Å²) < 4.78 is 0. The summed E-state index contributed by atoms with van der Waals surface area (Å²) in [4.78, 5) is 17.2. The van der Waals surface area contributed by atoms with Gasteiger partial charge in [0.25, 0.3) is 0 Å². The summed E-state index contributed by atoms with van der Waals surface area (Å²) >= 11 is 0. The second kappa shape index (κ2) is 9.56. The molecule has 2 atom stereocenters. The molecule has 2 aliphatic rings. The van der Waals surface area contributed by atoms with Gasteiger partial charge in [-0.2, -0.15) is 0 Å². The van der Waals surface area contributed by atoms with Gasteiger partial charge in [-0.15, -0.1) is 0 Å². The summed E-state index contributed by atoms with van der Waals surface area (Å²) in [6.07, 6.45) is 6.00. The Labute approximate surface area is 163 Å². The Bertz CT molecular complexity index is 594. The molecular weight excluding hydrogens is 338 g/mol. The number of rotatable bonds is 8. The molecule has 1 aromatic rings. The van der Waals surface area contributed by atoms with E-state index in [0.717, 1.165) is 71.2 Å². The van der Waals surface area contributed by atoms with Crippen molar-refractivity contribution in [3.8, 4) is 0 Å². The first-order valence-corrected chi connectivity index (χ1v) is 10.5. The predicted octanol–water partition coefficient (Wildman–Crippen LogP) is 2.89. The molecule has 5 heteroatoms. The Morgan fingerprint density at radius 1 is 1.30 bits per heavy atom. The molecule has 5 nitrogen and oxygen atoms in total. The number of amides is 2. The van der Waals surface area contributed by atoms with Gasteiger partial charge in [-0.1, -0.05) is 30.3 Å². The third-order valence-electron chi connectivity index (χ3n) is 6.34. The summed E-state index contributed by atoms with van der Waals surface area (Å²) in [6.45, 7) is 7.27. The van der Waals surface area contributed by atoms with E-state index in [4.69, 9.17) is 5.11 Å². The lowest BCUT2D eigenvalue weighted by molar-refractivity contribution is 0.140. The van der Waals surface area contributed by atoms with Gasteiger partial charge in [-0.05, 0) is 63.5 Å². The van der Waals surface area contributed by atoms with Crippen LogP contribution in [0, 0.1) is 5.92 Å². The Balaban J connectivity index is 1.39. The molecule has 3 rings (SSSR count). The monoisotopic (exact) mass is 373 g/mol. The number of benzene rings is 1. The van der Waals surface area contributed by atoms with Crippen molar-refractivity contribution in [1.29, 1.82) is 0 Å². The van der Waals surface area contributed by atoms with E-state index in [9.17, 15) is 4.79 Å². The highest BCUT2D eigenvalue weighted by atomic mass is 16.3. The summed E-state index contributed by atoms with van der Waals surface area (Å²) in [5.74, 6) is 0.552. The fourth-order valence-corrected chi connectivity index (χ4v) is 4.63. The fourth-order valence-electron chi connectivity index (χ4n) is 4.63. The van der Waals surface area contributed by atoms with Crippen LogP contribution in [0.4, 0.5) is 4.79 Å². The third-order valence-corrected chi connectivity index (χ3v) is 6.34. The normalized spacial score (nSPS) is 25.9. The SMILES string of the molecule is CC1(CCCO)CCCN1C(=O)NCC1CCN(CCc2ccccc2)C1. The van der Waals surface area contributed by atoms with Crippen LogP contribution in [0.1, 0.15) is 44.6 Å². The largest absolute Gasteiger partial charge is 0.396 e. The molecular formula is C22H35N3O2. The average Bonchev–Trinajstić information content (AvgIpc) is 3.30. The van der Waals surface area contributed by atoms with Crippen LogP contribution in [-0.4, -0.2) is 65.8 Å². The van der Waals surface area contributed by atoms with Crippen molar-refractivity contribution >= 4 is 6.03 Å². The highest BCUT2D eigenvalue weighted by molar-refractivity contribution is 5.75. The molecule has 27 heavy (non-hydrogen) atoms. The Morgan fingerprint density at radius 2 is 2.11 bits per heavy atom. The van der Waals surface area contributed by atoms with Crippen molar-refractivity contribution in [2.75, 3.05) is 39.3 Å². The number of hydrogen-bond acceptors (Lipinski definition) is 3. The van der Waals surface area contributed by atoms with Crippen LogP contribution >= 0.6 is 0 Å². The molecule has 2 unspecified atom stereocenters. The molecule has 0 saturated carbocycles. The molecule has 2 saturated heterocycles. The number of carbonyl (C=O) groups is 1. The molecule has 2 N–H and O–H groups in total. The third kappa shape index (κ3) is 5.45. The second-order valence-electron chi connectivity index (χ2n) is 8.46. The number of carbonyl (C=O) groups excluding carboxylic acids is 1. The van der Waals surface area contributed by atoms with Crippen LogP contribution < -0.4 is 5.32 Å². The zero-order chi connectivity index (χ0) is 19.1. The van der Waals surface area contributed by atoms with Gasteiger partial charge < -0.3 is 20.2 Å². The minimum absolute atomic E-state index is 0.0793. The molecule has 2 fully saturated rings.